The number of unbranched alkanes of at least 4 members (excludes halogenated alkanes) is 6. The Balaban J connectivity index is 4.04. The lowest BCUT2D eigenvalue weighted by Crippen LogP contribution is -2.32. The first-order chi connectivity index (χ1) is 12.2. The van der Waals surface area contributed by atoms with Crippen LogP contribution in [0, 0.1) is 5.92 Å². The van der Waals surface area contributed by atoms with Crippen LogP contribution in [0.15, 0.2) is 4.99 Å². The standard InChI is InChI=1S/C23H48N2/c1-6-9-11-12-13-17-23(25(5)21-10-7-2)18-15-14-16-22(4)19-20-24-8-3/h20,22-23H,6-19,21H2,1-5H3/b24-20+. The highest BCUT2D eigenvalue weighted by Gasteiger charge is 2.14. The van der Waals surface area contributed by atoms with Crippen LogP contribution < -0.4 is 0 Å². The molecule has 0 aromatic rings. The first-order valence-corrected chi connectivity index (χ1v) is 11.3. The van der Waals surface area contributed by atoms with Gasteiger partial charge in [0.25, 0.3) is 0 Å². The molecule has 0 amide bonds. The van der Waals surface area contributed by atoms with E-state index in [4.69, 9.17) is 0 Å². The Morgan fingerprint density at radius 2 is 1.40 bits per heavy atom. The maximum absolute atomic E-state index is 4.34. The quantitative estimate of drug-likeness (QED) is 0.189. The van der Waals surface area contributed by atoms with Crippen molar-refractivity contribution in [2.45, 2.75) is 117 Å². The summed E-state index contributed by atoms with van der Waals surface area (Å²) in [5, 5.41) is 0. The van der Waals surface area contributed by atoms with Crippen molar-refractivity contribution in [2.75, 3.05) is 20.1 Å². The minimum atomic E-state index is 0.792. The van der Waals surface area contributed by atoms with E-state index < -0.39 is 0 Å². The second kappa shape index (κ2) is 18.4. The number of nitrogens with zero attached hydrogens (tertiary/aromatic N) is 2. The van der Waals surface area contributed by atoms with Crippen LogP contribution in [0.4, 0.5) is 0 Å². The Morgan fingerprint density at radius 3 is 2.04 bits per heavy atom. The zero-order valence-corrected chi connectivity index (χ0v) is 18.2. The van der Waals surface area contributed by atoms with Crippen LogP contribution in [-0.2, 0) is 0 Å². The van der Waals surface area contributed by atoms with Crippen LogP contribution in [0.1, 0.15) is 111 Å². The number of hydrogen-bond acceptors (Lipinski definition) is 2. The fourth-order valence-corrected chi connectivity index (χ4v) is 3.53. The Labute approximate surface area is 159 Å². The minimum Gasteiger partial charge on any atom is -0.303 e. The van der Waals surface area contributed by atoms with Gasteiger partial charge in [-0.3, -0.25) is 4.99 Å². The molecule has 0 N–H and O–H groups in total. The highest BCUT2D eigenvalue weighted by molar-refractivity contribution is 5.57. The van der Waals surface area contributed by atoms with Gasteiger partial charge in [0.15, 0.2) is 0 Å². The van der Waals surface area contributed by atoms with Crippen LogP contribution in [0.3, 0.4) is 0 Å². The molecule has 2 unspecified atom stereocenters. The fraction of sp³-hybridized carbons (Fsp3) is 0.957. The Kier molecular flexibility index (Phi) is 18.1. The average Bonchev–Trinajstić information content (AvgIpc) is 2.61. The molecular weight excluding hydrogens is 304 g/mol. The zero-order chi connectivity index (χ0) is 18.8. The molecule has 0 radical (unpaired) electrons. The van der Waals surface area contributed by atoms with Crippen LogP contribution in [0.25, 0.3) is 0 Å². The van der Waals surface area contributed by atoms with Gasteiger partial charge in [-0.05, 0) is 58.3 Å². The van der Waals surface area contributed by atoms with E-state index in [2.05, 4.69) is 50.8 Å². The van der Waals surface area contributed by atoms with Crippen molar-refractivity contribution in [1.82, 2.24) is 4.90 Å². The van der Waals surface area contributed by atoms with Crippen LogP contribution >= 0.6 is 0 Å². The molecule has 0 aliphatic heterocycles. The minimum absolute atomic E-state index is 0.792. The zero-order valence-electron chi connectivity index (χ0n) is 18.2. The first-order valence-electron chi connectivity index (χ1n) is 11.3. The van der Waals surface area contributed by atoms with Gasteiger partial charge in [0.2, 0.25) is 0 Å². The first kappa shape index (κ1) is 24.6. The molecule has 0 aliphatic rings. The van der Waals surface area contributed by atoms with E-state index in [1.807, 2.05) is 0 Å². The summed E-state index contributed by atoms with van der Waals surface area (Å²) in [4.78, 5) is 7.00. The van der Waals surface area contributed by atoms with Gasteiger partial charge in [-0.15, -0.1) is 0 Å². The van der Waals surface area contributed by atoms with Gasteiger partial charge in [-0.1, -0.05) is 78.6 Å². The molecule has 0 aromatic carbocycles. The van der Waals surface area contributed by atoms with Crippen molar-refractivity contribution in [3.8, 4) is 0 Å². The summed E-state index contributed by atoms with van der Waals surface area (Å²) in [7, 11) is 2.36. The van der Waals surface area contributed by atoms with Crippen molar-refractivity contribution in [3.05, 3.63) is 0 Å². The molecule has 150 valence electrons. The molecule has 0 bridgehead atoms. The summed E-state index contributed by atoms with van der Waals surface area (Å²) in [6, 6.07) is 0.810. The second-order valence-corrected chi connectivity index (χ2v) is 8.00. The SMILES string of the molecule is CCCCCCCC(CCCCC(C)C/C=N/CC)N(C)CCCC. The molecule has 0 rings (SSSR count). The second-order valence-electron chi connectivity index (χ2n) is 8.00. The van der Waals surface area contributed by atoms with Gasteiger partial charge in [0.1, 0.15) is 0 Å². The number of hydrogen-bond donors (Lipinski definition) is 0. The van der Waals surface area contributed by atoms with Gasteiger partial charge >= 0.3 is 0 Å². The molecule has 0 spiro atoms. The molecule has 2 atom stereocenters. The highest BCUT2D eigenvalue weighted by atomic mass is 15.1. The normalized spacial score (nSPS) is 14.5. The predicted molar refractivity (Wildman–Crippen MR) is 116 cm³/mol. The lowest BCUT2D eigenvalue weighted by Gasteiger charge is -2.28. The summed E-state index contributed by atoms with van der Waals surface area (Å²) >= 11 is 0. The number of rotatable bonds is 18. The van der Waals surface area contributed by atoms with Crippen LogP contribution in [0.5, 0.6) is 0 Å². The third-order valence-corrected chi connectivity index (χ3v) is 5.43. The molecule has 25 heavy (non-hydrogen) atoms. The highest BCUT2D eigenvalue weighted by Crippen LogP contribution is 2.19. The van der Waals surface area contributed by atoms with E-state index in [-0.39, 0.29) is 0 Å². The maximum Gasteiger partial charge on any atom is 0.0357 e. The van der Waals surface area contributed by atoms with Gasteiger partial charge in [0, 0.05) is 12.6 Å². The van der Waals surface area contributed by atoms with E-state index in [0.29, 0.717) is 0 Å². The topological polar surface area (TPSA) is 15.6 Å². The average molecular weight is 353 g/mol. The lowest BCUT2D eigenvalue weighted by atomic mass is 9.96. The van der Waals surface area contributed by atoms with Gasteiger partial charge in [-0.2, -0.15) is 0 Å². The van der Waals surface area contributed by atoms with Crippen molar-refractivity contribution >= 4 is 6.21 Å². The smallest absolute Gasteiger partial charge is 0.0357 e. The van der Waals surface area contributed by atoms with E-state index in [1.165, 1.54) is 83.6 Å². The summed E-state index contributed by atoms with van der Waals surface area (Å²) in [5.74, 6) is 0.792. The molecular formula is C23H48N2. The predicted octanol–water partition coefficient (Wildman–Crippen LogP) is 7.12. The largest absolute Gasteiger partial charge is 0.303 e. The number of aliphatic imine (C=N–C) groups is 1. The molecule has 0 saturated heterocycles. The van der Waals surface area contributed by atoms with E-state index in [9.17, 15) is 0 Å². The van der Waals surface area contributed by atoms with Crippen molar-refractivity contribution in [2.24, 2.45) is 10.9 Å². The molecule has 0 aromatic heterocycles. The van der Waals surface area contributed by atoms with E-state index >= 15 is 0 Å². The van der Waals surface area contributed by atoms with Crippen molar-refractivity contribution < 1.29 is 0 Å². The van der Waals surface area contributed by atoms with E-state index in [1.54, 1.807) is 0 Å². The van der Waals surface area contributed by atoms with Gasteiger partial charge < -0.3 is 4.90 Å². The maximum atomic E-state index is 4.34. The fourth-order valence-electron chi connectivity index (χ4n) is 3.53. The Hall–Kier alpha value is -0.370. The van der Waals surface area contributed by atoms with Crippen LogP contribution in [-0.4, -0.2) is 37.3 Å². The van der Waals surface area contributed by atoms with Gasteiger partial charge in [0.05, 0.1) is 0 Å². The summed E-state index contributed by atoms with van der Waals surface area (Å²) in [5.41, 5.74) is 0. The Morgan fingerprint density at radius 1 is 0.800 bits per heavy atom. The molecule has 0 fully saturated rings. The van der Waals surface area contributed by atoms with Crippen molar-refractivity contribution in [1.29, 1.82) is 0 Å². The third kappa shape index (κ3) is 15.6. The molecule has 0 heterocycles. The van der Waals surface area contributed by atoms with Crippen LogP contribution in [0.2, 0.25) is 0 Å². The third-order valence-electron chi connectivity index (χ3n) is 5.43. The molecule has 0 aliphatic carbocycles. The van der Waals surface area contributed by atoms with Crippen molar-refractivity contribution in [3.63, 3.8) is 0 Å². The summed E-state index contributed by atoms with van der Waals surface area (Å²) in [6.45, 7) is 11.3. The van der Waals surface area contributed by atoms with Gasteiger partial charge in [-0.25, -0.2) is 0 Å². The monoisotopic (exact) mass is 352 g/mol. The van der Waals surface area contributed by atoms with E-state index in [0.717, 1.165) is 24.9 Å². The molecule has 0 saturated carbocycles. The summed E-state index contributed by atoms with van der Waals surface area (Å²) < 4.78 is 0. The molecule has 2 nitrogen and oxygen atoms in total. The Bertz CT molecular complexity index is 288. The molecule has 2 heteroatoms. The summed E-state index contributed by atoms with van der Waals surface area (Å²) in [6.07, 6.45) is 19.9. The lowest BCUT2D eigenvalue weighted by molar-refractivity contribution is 0.206.